The third kappa shape index (κ3) is 6.32. The summed E-state index contributed by atoms with van der Waals surface area (Å²) in [4.78, 5) is 0. The van der Waals surface area contributed by atoms with E-state index in [-0.39, 0.29) is 9.67 Å². The summed E-state index contributed by atoms with van der Waals surface area (Å²) < 4.78 is 36.4. The normalized spacial score (nSPS) is 12.7. The third-order valence-electron chi connectivity index (χ3n) is 1.77. The van der Waals surface area contributed by atoms with Crippen molar-refractivity contribution >= 4 is 22.6 Å². The number of hydrogen-bond donors (Lipinski definition) is 1. The summed E-state index contributed by atoms with van der Waals surface area (Å²) in [6.45, 7) is 3.73. The number of alkyl halides is 3. The van der Waals surface area contributed by atoms with Crippen molar-refractivity contribution in [2.24, 2.45) is 0 Å². The number of aliphatic hydroxyl groups is 1. The van der Waals surface area contributed by atoms with Gasteiger partial charge in [0.15, 0.2) is 0 Å². The van der Waals surface area contributed by atoms with E-state index in [0.717, 1.165) is 12.5 Å². The molecule has 0 radical (unpaired) electrons. The zero-order chi connectivity index (χ0) is 12.8. The van der Waals surface area contributed by atoms with Crippen LogP contribution in [0.4, 0.5) is 13.2 Å². The molecule has 0 saturated heterocycles. The molecule has 1 nitrogen and oxygen atoms in total. The van der Waals surface area contributed by atoms with Gasteiger partial charge in [-0.2, -0.15) is 13.2 Å². The van der Waals surface area contributed by atoms with Gasteiger partial charge in [0.1, 0.15) is 0 Å². The van der Waals surface area contributed by atoms with Gasteiger partial charge in [0.2, 0.25) is 0 Å². The summed E-state index contributed by atoms with van der Waals surface area (Å²) >= 11 is 1.67. The van der Waals surface area contributed by atoms with Crippen molar-refractivity contribution in [3.63, 3.8) is 0 Å². The van der Waals surface area contributed by atoms with Crippen molar-refractivity contribution < 1.29 is 18.3 Å². The average molecular weight is 346 g/mol. The van der Waals surface area contributed by atoms with Crippen LogP contribution in [-0.4, -0.2) is 11.2 Å². The summed E-state index contributed by atoms with van der Waals surface area (Å²) in [6.07, 6.45) is -3.48. The second-order valence-electron chi connectivity index (χ2n) is 3.23. The molecule has 5 heteroatoms. The molecule has 0 aliphatic heterocycles. The van der Waals surface area contributed by atoms with Crippen LogP contribution < -0.4 is 0 Å². The van der Waals surface area contributed by atoms with Crippen LogP contribution in [0, 0.1) is 3.57 Å². The first-order valence-electron chi connectivity index (χ1n) is 4.78. The van der Waals surface area contributed by atoms with Crippen LogP contribution in [0.25, 0.3) is 0 Å². The van der Waals surface area contributed by atoms with Gasteiger partial charge in [0.05, 0.1) is 11.7 Å². The first-order valence-corrected chi connectivity index (χ1v) is 5.86. The minimum atomic E-state index is -4.22. The number of rotatable bonds is 1. The van der Waals surface area contributed by atoms with Gasteiger partial charge in [-0.15, -0.1) is 0 Å². The molecule has 0 amide bonds. The molecule has 0 bridgehead atoms. The summed E-state index contributed by atoms with van der Waals surface area (Å²) in [5.74, 6) is 0. The van der Waals surface area contributed by atoms with Gasteiger partial charge in [-0.05, 0) is 48.1 Å². The van der Waals surface area contributed by atoms with Gasteiger partial charge >= 0.3 is 6.18 Å². The summed E-state index contributed by atoms with van der Waals surface area (Å²) in [6, 6.07) is 5.47. The van der Waals surface area contributed by atoms with E-state index in [1.807, 2.05) is 6.92 Å². The van der Waals surface area contributed by atoms with E-state index in [2.05, 4.69) is 0 Å². The molecule has 1 unspecified atom stereocenters. The van der Waals surface area contributed by atoms with Crippen molar-refractivity contribution in [1.82, 2.24) is 0 Å². The fraction of sp³-hybridized carbons (Fsp3) is 0.455. The lowest BCUT2D eigenvalue weighted by molar-refractivity contribution is -0.138. The standard InChI is InChI=1S/C7H4F3I.C4H10O/c8-7(9,10)5-3-1-2-4-6(5)11;1-3-4(2)5/h1-4H;4-5H,3H2,1-2H3. The van der Waals surface area contributed by atoms with Gasteiger partial charge in [-0.25, -0.2) is 0 Å². The van der Waals surface area contributed by atoms with E-state index < -0.39 is 11.7 Å². The van der Waals surface area contributed by atoms with Crippen LogP contribution in [0.1, 0.15) is 25.8 Å². The second-order valence-corrected chi connectivity index (χ2v) is 4.40. The SMILES string of the molecule is CCC(C)O.FC(F)(F)c1ccccc1I. The highest BCUT2D eigenvalue weighted by atomic mass is 127. The van der Waals surface area contributed by atoms with Gasteiger partial charge < -0.3 is 5.11 Å². The molecular formula is C11H14F3IO. The van der Waals surface area contributed by atoms with Crippen LogP contribution in [-0.2, 0) is 6.18 Å². The first kappa shape index (κ1) is 15.7. The van der Waals surface area contributed by atoms with E-state index in [1.54, 1.807) is 35.6 Å². The summed E-state index contributed by atoms with van der Waals surface area (Å²) in [7, 11) is 0. The zero-order valence-corrected chi connectivity index (χ0v) is 11.2. The van der Waals surface area contributed by atoms with Crippen molar-refractivity contribution in [2.45, 2.75) is 32.5 Å². The maximum Gasteiger partial charge on any atom is 0.417 e. The van der Waals surface area contributed by atoms with E-state index in [0.29, 0.717) is 0 Å². The number of halogens is 4. The molecule has 0 aliphatic carbocycles. The molecule has 1 rings (SSSR count). The highest BCUT2D eigenvalue weighted by molar-refractivity contribution is 14.1. The van der Waals surface area contributed by atoms with Crippen molar-refractivity contribution in [3.8, 4) is 0 Å². The molecule has 16 heavy (non-hydrogen) atoms. The van der Waals surface area contributed by atoms with Crippen LogP contribution >= 0.6 is 22.6 Å². The Morgan fingerprint density at radius 2 is 1.75 bits per heavy atom. The molecule has 1 N–H and O–H groups in total. The Morgan fingerprint density at radius 1 is 1.31 bits per heavy atom. The van der Waals surface area contributed by atoms with E-state index in [4.69, 9.17) is 5.11 Å². The van der Waals surface area contributed by atoms with Crippen molar-refractivity contribution in [1.29, 1.82) is 0 Å². The zero-order valence-electron chi connectivity index (χ0n) is 9.05. The van der Waals surface area contributed by atoms with E-state index in [9.17, 15) is 13.2 Å². The smallest absolute Gasteiger partial charge is 0.393 e. The Bertz CT molecular complexity index is 310. The van der Waals surface area contributed by atoms with Gasteiger partial charge in [0.25, 0.3) is 0 Å². The molecule has 0 spiro atoms. The van der Waals surface area contributed by atoms with Crippen molar-refractivity contribution in [3.05, 3.63) is 33.4 Å². The predicted octanol–water partition coefficient (Wildman–Crippen LogP) is 4.09. The quantitative estimate of drug-likeness (QED) is 0.760. The number of aliphatic hydroxyl groups excluding tert-OH is 1. The summed E-state index contributed by atoms with van der Waals surface area (Å²) in [5.41, 5.74) is -0.569. The predicted molar refractivity (Wildman–Crippen MR) is 66.1 cm³/mol. The first-order chi connectivity index (χ1) is 7.29. The highest BCUT2D eigenvalue weighted by Gasteiger charge is 2.32. The lowest BCUT2D eigenvalue weighted by Gasteiger charge is -2.07. The molecule has 92 valence electrons. The van der Waals surface area contributed by atoms with Gasteiger partial charge in [-0.1, -0.05) is 19.1 Å². The fourth-order valence-electron chi connectivity index (χ4n) is 0.691. The van der Waals surface area contributed by atoms with Gasteiger partial charge in [-0.3, -0.25) is 0 Å². The average Bonchev–Trinajstić information content (AvgIpc) is 2.17. The topological polar surface area (TPSA) is 20.2 Å². The Labute approximate surface area is 107 Å². The number of hydrogen-bond acceptors (Lipinski definition) is 1. The molecule has 0 saturated carbocycles. The highest BCUT2D eigenvalue weighted by Crippen LogP contribution is 2.32. The Kier molecular flexibility index (Phi) is 6.98. The lowest BCUT2D eigenvalue weighted by Crippen LogP contribution is -2.06. The van der Waals surface area contributed by atoms with Crippen LogP contribution in [0.3, 0.4) is 0 Å². The molecule has 0 heterocycles. The van der Waals surface area contributed by atoms with Crippen LogP contribution in [0.5, 0.6) is 0 Å². The van der Waals surface area contributed by atoms with Gasteiger partial charge in [0, 0.05) is 3.57 Å². The molecular weight excluding hydrogens is 332 g/mol. The molecule has 0 aromatic heterocycles. The van der Waals surface area contributed by atoms with E-state index >= 15 is 0 Å². The maximum atomic E-state index is 12.0. The molecule has 0 aliphatic rings. The second kappa shape index (κ2) is 7.11. The molecule has 1 aromatic carbocycles. The van der Waals surface area contributed by atoms with Crippen molar-refractivity contribution in [2.75, 3.05) is 0 Å². The fourth-order valence-corrected chi connectivity index (χ4v) is 1.38. The van der Waals surface area contributed by atoms with Crippen LogP contribution in [0.2, 0.25) is 0 Å². The maximum absolute atomic E-state index is 12.0. The number of benzene rings is 1. The molecule has 1 atom stereocenters. The molecule has 1 aromatic rings. The molecule has 0 fully saturated rings. The monoisotopic (exact) mass is 346 g/mol. The third-order valence-corrected chi connectivity index (χ3v) is 2.71. The Hall–Kier alpha value is -0.300. The summed E-state index contributed by atoms with van der Waals surface area (Å²) in [5, 5.41) is 8.36. The Morgan fingerprint density at radius 3 is 2.00 bits per heavy atom. The minimum absolute atomic E-state index is 0.116. The lowest BCUT2D eigenvalue weighted by atomic mass is 10.2. The minimum Gasteiger partial charge on any atom is -0.393 e. The largest absolute Gasteiger partial charge is 0.417 e. The van der Waals surface area contributed by atoms with Crippen LogP contribution in [0.15, 0.2) is 24.3 Å². The Balaban J connectivity index is 0.000000385. The van der Waals surface area contributed by atoms with E-state index in [1.165, 1.54) is 12.1 Å².